The molecule has 0 spiro atoms. The first kappa shape index (κ1) is 28.1. The topological polar surface area (TPSA) is 86.2 Å². The van der Waals surface area contributed by atoms with Crippen LogP contribution in [-0.2, 0) is 15.9 Å². The lowest BCUT2D eigenvalue weighted by Gasteiger charge is -2.16. The summed E-state index contributed by atoms with van der Waals surface area (Å²) < 4.78 is 10.5. The Labute approximate surface area is 243 Å². The zero-order chi connectivity index (χ0) is 28.9. The molecule has 1 N–H and O–H groups in total. The predicted molar refractivity (Wildman–Crippen MR) is 163 cm³/mol. The van der Waals surface area contributed by atoms with Crippen molar-refractivity contribution >= 4 is 40.2 Å². The molecule has 8 heteroatoms. The maximum Gasteiger partial charge on any atom is 0.274 e. The van der Waals surface area contributed by atoms with E-state index in [2.05, 4.69) is 45.9 Å². The number of hydrogen-bond donors (Lipinski definition) is 1. The fourth-order valence-electron chi connectivity index (χ4n) is 4.79. The smallest absolute Gasteiger partial charge is 0.274 e. The molecule has 3 aromatic heterocycles. The summed E-state index contributed by atoms with van der Waals surface area (Å²) in [6.07, 6.45) is 7.01. The van der Waals surface area contributed by atoms with E-state index < -0.39 is 6.29 Å². The minimum absolute atomic E-state index is 0.246. The highest BCUT2D eigenvalue weighted by Gasteiger charge is 2.17. The highest BCUT2D eigenvalue weighted by molar-refractivity contribution is 6.36. The largest absolute Gasteiger partial charge is 0.352 e. The summed E-state index contributed by atoms with van der Waals surface area (Å²) in [6, 6.07) is 19.1. The molecule has 0 aliphatic rings. The number of benzene rings is 2. The molecule has 0 radical (unpaired) electrons. The van der Waals surface area contributed by atoms with Crippen LogP contribution in [0.1, 0.15) is 44.7 Å². The van der Waals surface area contributed by atoms with E-state index in [-0.39, 0.29) is 11.6 Å². The third-order valence-electron chi connectivity index (χ3n) is 6.99. The monoisotopic (exact) mass is 564 g/mol. The van der Waals surface area contributed by atoms with E-state index in [9.17, 15) is 4.79 Å². The van der Waals surface area contributed by atoms with Crippen LogP contribution in [0.25, 0.3) is 28.1 Å². The van der Waals surface area contributed by atoms with Crippen LogP contribution in [0, 0.1) is 6.92 Å². The Morgan fingerprint density at radius 2 is 1.78 bits per heavy atom. The minimum Gasteiger partial charge on any atom is -0.352 e. The molecule has 206 valence electrons. The van der Waals surface area contributed by atoms with E-state index in [1.54, 1.807) is 30.5 Å². The Bertz CT molecular complexity index is 1730. The first-order valence-electron chi connectivity index (χ1n) is 13.0. The van der Waals surface area contributed by atoms with Crippen molar-refractivity contribution in [3.63, 3.8) is 0 Å². The molecule has 5 aromatic rings. The summed E-state index contributed by atoms with van der Waals surface area (Å²) in [5, 5.41) is 4.36. The van der Waals surface area contributed by atoms with Crippen LogP contribution in [0.5, 0.6) is 0 Å². The molecule has 1 amide bonds. The highest BCUT2D eigenvalue weighted by atomic mass is 35.5. The molecule has 7 nitrogen and oxygen atoms in total. The fourth-order valence-corrected chi connectivity index (χ4v) is 5.07. The number of anilines is 1. The van der Waals surface area contributed by atoms with Gasteiger partial charge in [-0.25, -0.2) is 0 Å². The van der Waals surface area contributed by atoms with E-state index in [4.69, 9.17) is 21.1 Å². The van der Waals surface area contributed by atoms with Crippen LogP contribution in [0.15, 0.2) is 85.8 Å². The van der Waals surface area contributed by atoms with Crippen LogP contribution in [0.2, 0.25) is 5.02 Å². The van der Waals surface area contributed by atoms with Crippen LogP contribution in [0.3, 0.4) is 0 Å². The first-order valence-corrected chi connectivity index (χ1v) is 13.4. The highest BCUT2D eigenvalue weighted by Crippen LogP contribution is 2.37. The third-order valence-corrected chi connectivity index (χ3v) is 7.40. The number of ether oxygens (including phenoxy) is 2. The Morgan fingerprint density at radius 1 is 1.00 bits per heavy atom. The molecule has 2 aromatic carbocycles. The summed E-state index contributed by atoms with van der Waals surface area (Å²) in [5.74, 6) is -0.374. The van der Waals surface area contributed by atoms with Gasteiger partial charge in [0.05, 0.1) is 21.9 Å². The van der Waals surface area contributed by atoms with Crippen molar-refractivity contribution in [1.29, 1.82) is 0 Å². The van der Waals surface area contributed by atoms with E-state index in [0.717, 1.165) is 44.4 Å². The molecular formula is C33H29ClN4O3. The number of nitrogens with zero attached hydrogens (tertiary/aromatic N) is 3. The van der Waals surface area contributed by atoms with Crippen molar-refractivity contribution in [3.05, 3.63) is 124 Å². The molecule has 0 saturated heterocycles. The molecule has 0 atom stereocenters. The van der Waals surface area contributed by atoms with Gasteiger partial charge < -0.3 is 14.8 Å². The van der Waals surface area contributed by atoms with Gasteiger partial charge in [0.25, 0.3) is 5.91 Å². The lowest BCUT2D eigenvalue weighted by Crippen LogP contribution is -2.15. The number of amides is 1. The molecular weight excluding hydrogens is 536 g/mol. The molecule has 0 aliphatic carbocycles. The molecule has 0 bridgehead atoms. The van der Waals surface area contributed by atoms with Gasteiger partial charge in [-0.15, -0.1) is 0 Å². The third kappa shape index (κ3) is 5.88. The van der Waals surface area contributed by atoms with Crippen LogP contribution in [-0.4, -0.2) is 35.1 Å². The number of aromatic nitrogens is 3. The zero-order valence-corrected chi connectivity index (χ0v) is 23.8. The Kier molecular flexibility index (Phi) is 8.50. The standard InChI is InChI=1S/C33H29ClN4O3/c1-5-21-16-23-14-15-35-29(31(23)37-18-21)17-22-8-6-9-25(20(22)2)26-10-7-11-27(30(26)34)38-32(39)28-13-12-24(19-36-28)33(40-3)41-4/h5-16,18-19,33H,1,17H2,2-4H3,(H,38,39). The summed E-state index contributed by atoms with van der Waals surface area (Å²) in [6.45, 7) is 5.90. The van der Waals surface area contributed by atoms with E-state index in [1.165, 1.54) is 14.2 Å². The lowest BCUT2D eigenvalue weighted by molar-refractivity contribution is -0.106. The van der Waals surface area contributed by atoms with Gasteiger partial charge in [-0.05, 0) is 53.4 Å². The van der Waals surface area contributed by atoms with Crippen LogP contribution < -0.4 is 5.32 Å². The number of halogens is 1. The van der Waals surface area contributed by atoms with E-state index >= 15 is 0 Å². The summed E-state index contributed by atoms with van der Waals surface area (Å²) in [4.78, 5) is 26.5. The van der Waals surface area contributed by atoms with Crippen molar-refractivity contribution in [2.45, 2.75) is 19.6 Å². The van der Waals surface area contributed by atoms with Gasteiger partial charge in [0.15, 0.2) is 6.29 Å². The Hall–Kier alpha value is -4.43. The van der Waals surface area contributed by atoms with Crippen molar-refractivity contribution < 1.29 is 14.3 Å². The number of nitrogens with one attached hydrogen (secondary N) is 1. The number of fused-ring (bicyclic) bond motifs is 1. The fraction of sp³-hybridized carbons (Fsp3) is 0.152. The normalized spacial score (nSPS) is 11.1. The SMILES string of the molecule is C=Cc1cnc2c(Cc3cccc(-c4cccc(NC(=O)c5ccc(C(OC)OC)cn5)c4Cl)c3C)nccc2c1. The van der Waals surface area contributed by atoms with Gasteiger partial charge in [-0.2, -0.15) is 0 Å². The van der Waals surface area contributed by atoms with Crippen molar-refractivity contribution in [3.8, 4) is 11.1 Å². The van der Waals surface area contributed by atoms with Gasteiger partial charge in [0.1, 0.15) is 5.69 Å². The number of rotatable bonds is 9. The van der Waals surface area contributed by atoms with E-state index in [0.29, 0.717) is 22.7 Å². The number of hydrogen-bond acceptors (Lipinski definition) is 6. The minimum atomic E-state index is -0.553. The lowest BCUT2D eigenvalue weighted by atomic mass is 9.93. The summed E-state index contributed by atoms with van der Waals surface area (Å²) in [5.41, 5.74) is 8.14. The Morgan fingerprint density at radius 3 is 2.51 bits per heavy atom. The number of methoxy groups -OCH3 is 2. The molecule has 0 aliphatic heterocycles. The average Bonchev–Trinajstić information content (AvgIpc) is 3.00. The van der Waals surface area contributed by atoms with Crippen LogP contribution >= 0.6 is 11.6 Å². The average molecular weight is 565 g/mol. The maximum absolute atomic E-state index is 13.0. The second kappa shape index (κ2) is 12.4. The van der Waals surface area contributed by atoms with Gasteiger partial charge in [0.2, 0.25) is 0 Å². The Balaban J connectivity index is 1.41. The van der Waals surface area contributed by atoms with Crippen LogP contribution in [0.4, 0.5) is 5.69 Å². The molecule has 0 fully saturated rings. The second-order valence-corrected chi connectivity index (χ2v) is 9.85. The number of carbonyl (C=O) groups is 1. The summed E-state index contributed by atoms with van der Waals surface area (Å²) in [7, 11) is 3.08. The maximum atomic E-state index is 13.0. The van der Waals surface area contributed by atoms with Crippen molar-refractivity contribution in [2.24, 2.45) is 0 Å². The molecule has 0 unspecified atom stereocenters. The first-order chi connectivity index (χ1) is 19.9. The van der Waals surface area contributed by atoms with E-state index in [1.807, 2.05) is 42.7 Å². The van der Waals surface area contributed by atoms with Gasteiger partial charge in [0, 0.05) is 55.7 Å². The molecule has 41 heavy (non-hydrogen) atoms. The molecule has 5 rings (SSSR count). The van der Waals surface area contributed by atoms with Gasteiger partial charge in [-0.3, -0.25) is 19.7 Å². The number of carbonyl (C=O) groups excluding carboxylic acids is 1. The van der Waals surface area contributed by atoms with Gasteiger partial charge >= 0.3 is 0 Å². The zero-order valence-electron chi connectivity index (χ0n) is 23.0. The quantitative estimate of drug-likeness (QED) is 0.187. The van der Waals surface area contributed by atoms with Gasteiger partial charge in [-0.1, -0.05) is 60.7 Å². The predicted octanol–water partition coefficient (Wildman–Crippen LogP) is 7.43. The second-order valence-electron chi connectivity index (χ2n) is 9.47. The summed E-state index contributed by atoms with van der Waals surface area (Å²) >= 11 is 6.87. The number of pyridine rings is 3. The van der Waals surface area contributed by atoms with Crippen molar-refractivity contribution in [1.82, 2.24) is 15.0 Å². The molecule has 3 heterocycles. The van der Waals surface area contributed by atoms with Crippen molar-refractivity contribution in [2.75, 3.05) is 19.5 Å². The molecule has 0 saturated carbocycles.